The fraction of sp³-hybridized carbons (Fsp3) is 1.00. The molecule has 2 atom stereocenters. The quantitative estimate of drug-likeness (QED) is 0.0820. The summed E-state index contributed by atoms with van der Waals surface area (Å²) in [5.74, 6) is 0. The maximum atomic E-state index is 2.86. The lowest BCUT2D eigenvalue weighted by atomic mass is 10.0. The van der Waals surface area contributed by atoms with Crippen molar-refractivity contribution in [2.24, 2.45) is 0 Å². The molecule has 0 aromatic carbocycles. The lowest BCUT2D eigenvalue weighted by molar-refractivity contribution is 0.481. The van der Waals surface area contributed by atoms with Crippen LogP contribution in [0.25, 0.3) is 0 Å². The van der Waals surface area contributed by atoms with Crippen LogP contribution in [-0.4, -0.2) is 8.07 Å². The topological polar surface area (TPSA) is 0 Å². The first-order chi connectivity index (χ1) is 20.1. The van der Waals surface area contributed by atoms with Crippen LogP contribution >= 0.6 is 0 Å². The third kappa shape index (κ3) is 22.4. The van der Waals surface area contributed by atoms with Gasteiger partial charge in [-0.1, -0.05) is 245 Å². The van der Waals surface area contributed by atoms with Crippen molar-refractivity contribution in [1.29, 1.82) is 0 Å². The summed E-state index contributed by atoms with van der Waals surface area (Å²) in [6, 6.07) is 0. The van der Waals surface area contributed by atoms with Crippen molar-refractivity contribution in [1.82, 2.24) is 0 Å². The molecular weight excluding hydrogens is 509 g/mol. The zero-order valence-electron chi connectivity index (χ0n) is 29.7. The zero-order chi connectivity index (χ0) is 29.7. The van der Waals surface area contributed by atoms with Gasteiger partial charge in [-0.15, -0.1) is 0 Å². The molecule has 0 spiro atoms. The van der Waals surface area contributed by atoms with Crippen LogP contribution in [0.4, 0.5) is 0 Å². The third-order valence-corrected chi connectivity index (χ3v) is 16.6. The summed E-state index contributed by atoms with van der Waals surface area (Å²) in [4.78, 5) is 0. The van der Waals surface area contributed by atoms with E-state index in [0.29, 0.717) is 0 Å². The van der Waals surface area contributed by atoms with Crippen LogP contribution in [0.2, 0.25) is 24.2 Å². The Hall–Kier alpha value is 0.217. The molecule has 1 heteroatoms. The predicted molar refractivity (Wildman–Crippen MR) is 193 cm³/mol. The first-order valence-corrected chi connectivity index (χ1v) is 23.3. The van der Waals surface area contributed by atoms with E-state index in [2.05, 4.69) is 26.9 Å². The molecule has 1 aliphatic heterocycles. The highest BCUT2D eigenvalue weighted by Crippen LogP contribution is 2.45. The summed E-state index contributed by atoms with van der Waals surface area (Å²) < 4.78 is 0. The van der Waals surface area contributed by atoms with Crippen molar-refractivity contribution in [3.8, 4) is 0 Å². The molecule has 0 saturated carbocycles. The van der Waals surface area contributed by atoms with Crippen LogP contribution in [0, 0.1) is 0 Å². The molecule has 0 amide bonds. The van der Waals surface area contributed by atoms with E-state index in [-0.39, 0.29) is 0 Å². The Morgan fingerprint density at radius 2 is 0.585 bits per heavy atom. The van der Waals surface area contributed by atoms with E-state index < -0.39 is 8.07 Å². The molecule has 0 aromatic rings. The third-order valence-electron chi connectivity index (χ3n) is 11.3. The van der Waals surface area contributed by atoms with E-state index in [1.54, 1.807) is 25.7 Å². The minimum Gasteiger partial charge on any atom is -0.0689 e. The van der Waals surface area contributed by atoms with Gasteiger partial charge in [0.05, 0.1) is 8.07 Å². The normalized spacial score (nSPS) is 21.1. The van der Waals surface area contributed by atoms with Gasteiger partial charge in [-0.25, -0.2) is 0 Å². The Labute approximate surface area is 263 Å². The van der Waals surface area contributed by atoms with E-state index in [9.17, 15) is 0 Å². The largest absolute Gasteiger partial charge is 0.0689 e. The van der Waals surface area contributed by atoms with Crippen LogP contribution in [-0.2, 0) is 0 Å². The Bertz CT molecular complexity index is 511. The minimum absolute atomic E-state index is 1.09. The van der Waals surface area contributed by atoms with Gasteiger partial charge < -0.3 is 0 Å². The van der Waals surface area contributed by atoms with Gasteiger partial charge in [0, 0.05) is 0 Å². The highest BCUT2D eigenvalue weighted by Gasteiger charge is 2.37. The van der Waals surface area contributed by atoms with Crippen LogP contribution in [0.3, 0.4) is 0 Å². The molecule has 0 bridgehead atoms. The van der Waals surface area contributed by atoms with Crippen molar-refractivity contribution in [3.63, 3.8) is 0 Å². The first kappa shape index (κ1) is 39.2. The Balaban J connectivity index is 2.48. The second-order valence-corrected chi connectivity index (χ2v) is 20.5. The molecule has 41 heavy (non-hydrogen) atoms. The monoisotopic (exact) mass is 591 g/mol. The number of hydrogen-bond acceptors (Lipinski definition) is 0. The Morgan fingerprint density at radius 3 is 0.878 bits per heavy atom. The second kappa shape index (κ2) is 29.0. The van der Waals surface area contributed by atoms with Gasteiger partial charge >= 0.3 is 0 Å². The Kier molecular flexibility index (Phi) is 27.7. The average Bonchev–Trinajstić information content (AvgIpc) is 2.96. The number of unbranched alkanes of at least 4 members (excludes halogenated alkanes) is 19. The summed E-state index contributed by atoms with van der Waals surface area (Å²) in [7, 11) is -1.25. The average molecular weight is 591 g/mol. The molecule has 1 heterocycles. The van der Waals surface area contributed by atoms with Crippen molar-refractivity contribution in [2.45, 2.75) is 256 Å². The van der Waals surface area contributed by atoms with Crippen LogP contribution in [0.15, 0.2) is 0 Å². The molecule has 1 fully saturated rings. The van der Waals surface area contributed by atoms with Crippen molar-refractivity contribution >= 4 is 8.07 Å². The van der Waals surface area contributed by atoms with Crippen LogP contribution < -0.4 is 0 Å². The van der Waals surface area contributed by atoms with E-state index >= 15 is 0 Å². The summed E-state index contributed by atoms with van der Waals surface area (Å²) in [5, 5.41) is 0. The van der Waals surface area contributed by atoms with Gasteiger partial charge in [-0.05, 0) is 11.1 Å². The fourth-order valence-corrected chi connectivity index (χ4v) is 12.5. The van der Waals surface area contributed by atoms with Gasteiger partial charge in [0.2, 0.25) is 0 Å². The molecular formula is C40H82Si. The summed E-state index contributed by atoms with van der Waals surface area (Å²) in [6.45, 7) is 10.4. The lowest BCUT2D eigenvalue weighted by Gasteiger charge is -2.40. The molecule has 0 radical (unpaired) electrons. The minimum atomic E-state index is -1.25. The highest BCUT2D eigenvalue weighted by atomic mass is 28.3. The number of hydrogen-bond donors (Lipinski definition) is 0. The van der Waals surface area contributed by atoms with Gasteiger partial charge in [-0.3, -0.25) is 0 Å². The molecule has 0 nitrogen and oxygen atoms in total. The summed E-state index contributed by atoms with van der Waals surface area (Å²) >= 11 is 0. The fourth-order valence-electron chi connectivity index (χ4n) is 8.06. The van der Waals surface area contributed by atoms with Crippen LogP contribution in [0.1, 0.15) is 232 Å². The van der Waals surface area contributed by atoms with Gasteiger partial charge in [0.1, 0.15) is 0 Å². The standard InChI is InChI=1S/C40H82Si/c1-5-7-9-11-13-15-17-20-24-28-32-36-40-38-34-30-26-22-18-21-25-29-33-37-39(41(40,3)4)35-31-27-23-19-16-14-12-10-8-6-2/h39-40H,5-38H2,1-4H3. The predicted octanol–water partition coefficient (Wildman–Crippen LogP) is 15.8. The van der Waals surface area contributed by atoms with E-state index in [1.165, 1.54) is 193 Å². The molecule has 0 N–H and O–H groups in total. The van der Waals surface area contributed by atoms with E-state index in [0.717, 1.165) is 11.1 Å². The van der Waals surface area contributed by atoms with Gasteiger partial charge in [-0.2, -0.15) is 0 Å². The SMILES string of the molecule is CCCCCCCCCCCCCC1CCCCCCCCCCCC(CCCCCCCCCCCC)[Si]1(C)C. The molecule has 2 unspecified atom stereocenters. The molecule has 1 aliphatic rings. The molecule has 0 aromatic heterocycles. The highest BCUT2D eigenvalue weighted by molar-refractivity contribution is 6.80. The lowest BCUT2D eigenvalue weighted by Crippen LogP contribution is -2.38. The molecule has 246 valence electrons. The summed E-state index contributed by atoms with van der Waals surface area (Å²) in [6.07, 6.45) is 51.0. The number of rotatable bonds is 23. The van der Waals surface area contributed by atoms with E-state index in [4.69, 9.17) is 0 Å². The molecule has 1 saturated heterocycles. The molecule has 0 aliphatic carbocycles. The van der Waals surface area contributed by atoms with Crippen molar-refractivity contribution < 1.29 is 0 Å². The zero-order valence-corrected chi connectivity index (χ0v) is 30.7. The summed E-state index contributed by atoms with van der Waals surface area (Å²) in [5.41, 5.74) is 2.19. The maximum absolute atomic E-state index is 2.86. The van der Waals surface area contributed by atoms with Gasteiger partial charge in [0.25, 0.3) is 0 Å². The Morgan fingerprint density at radius 1 is 0.341 bits per heavy atom. The molecule has 1 rings (SSSR count). The smallest absolute Gasteiger partial charge is 0.0535 e. The maximum Gasteiger partial charge on any atom is 0.0535 e. The van der Waals surface area contributed by atoms with Crippen molar-refractivity contribution in [3.05, 3.63) is 0 Å². The second-order valence-electron chi connectivity index (χ2n) is 15.3. The van der Waals surface area contributed by atoms with Crippen molar-refractivity contribution in [2.75, 3.05) is 0 Å². The first-order valence-electron chi connectivity index (χ1n) is 20.1. The van der Waals surface area contributed by atoms with E-state index in [1.807, 2.05) is 0 Å². The van der Waals surface area contributed by atoms with Crippen LogP contribution in [0.5, 0.6) is 0 Å². The van der Waals surface area contributed by atoms with Gasteiger partial charge in [0.15, 0.2) is 0 Å².